The highest BCUT2D eigenvalue weighted by molar-refractivity contribution is 6.07. The summed E-state index contributed by atoms with van der Waals surface area (Å²) in [4.78, 5) is 50.7. The van der Waals surface area contributed by atoms with Gasteiger partial charge in [0.2, 0.25) is 11.8 Å². The molecule has 1 saturated carbocycles. The SMILES string of the molecule is CNC(=O)C1C(C(=O)OC)C(C)(C(=O)Nc2cc(C)c(C)cc2C)C1C(=O)OC. The average Bonchev–Trinajstić information content (AvgIpc) is 2.68. The van der Waals surface area contributed by atoms with Gasteiger partial charge in [-0.15, -0.1) is 0 Å². The summed E-state index contributed by atoms with van der Waals surface area (Å²) < 4.78 is 9.69. The second-order valence-corrected chi connectivity index (χ2v) is 7.63. The predicted octanol–water partition coefficient (Wildman–Crippen LogP) is 1.51. The van der Waals surface area contributed by atoms with Gasteiger partial charge in [0, 0.05) is 12.7 Å². The van der Waals surface area contributed by atoms with Crippen molar-refractivity contribution in [2.45, 2.75) is 27.7 Å². The lowest BCUT2D eigenvalue weighted by Crippen LogP contribution is -2.69. The molecule has 0 aliphatic heterocycles. The zero-order valence-corrected chi connectivity index (χ0v) is 17.8. The monoisotopic (exact) mass is 404 g/mol. The summed E-state index contributed by atoms with van der Waals surface area (Å²) in [6, 6.07) is 3.78. The van der Waals surface area contributed by atoms with Crippen molar-refractivity contribution < 1.29 is 28.7 Å². The Morgan fingerprint density at radius 2 is 1.38 bits per heavy atom. The Labute approximate surface area is 170 Å². The molecular weight excluding hydrogens is 376 g/mol. The Hall–Kier alpha value is -2.90. The first-order chi connectivity index (χ1) is 13.5. The third-order valence-electron chi connectivity index (χ3n) is 6.05. The standard InChI is InChI=1S/C21H28N2O6/c1-10-8-12(3)13(9-11(10)2)23-20(27)21(4)15(18(25)28-6)14(17(24)22-5)16(21)19(26)29-7/h8-9,14-16H,1-7H3,(H,22,24)(H,23,27). The number of carbonyl (C=O) groups excluding carboxylic acids is 4. The van der Waals surface area contributed by atoms with Crippen LogP contribution in [-0.2, 0) is 28.7 Å². The van der Waals surface area contributed by atoms with Gasteiger partial charge in [-0.3, -0.25) is 19.2 Å². The number of nitrogens with one attached hydrogen (secondary N) is 2. The molecule has 8 nitrogen and oxygen atoms in total. The van der Waals surface area contributed by atoms with E-state index in [1.54, 1.807) is 0 Å². The minimum Gasteiger partial charge on any atom is -0.469 e. The lowest BCUT2D eigenvalue weighted by Gasteiger charge is -2.54. The minimum absolute atomic E-state index is 0.525. The smallest absolute Gasteiger partial charge is 0.310 e. The summed E-state index contributed by atoms with van der Waals surface area (Å²) in [7, 11) is 3.76. The Morgan fingerprint density at radius 1 is 0.897 bits per heavy atom. The van der Waals surface area contributed by atoms with E-state index in [0.29, 0.717) is 5.69 Å². The predicted molar refractivity (Wildman–Crippen MR) is 106 cm³/mol. The van der Waals surface area contributed by atoms with Gasteiger partial charge < -0.3 is 20.1 Å². The molecule has 2 rings (SSSR count). The quantitative estimate of drug-likeness (QED) is 0.720. The Bertz CT molecular complexity index is 839. The van der Waals surface area contributed by atoms with Crippen LogP contribution in [0, 0.1) is 43.9 Å². The lowest BCUT2D eigenvalue weighted by atomic mass is 9.46. The van der Waals surface area contributed by atoms with E-state index in [4.69, 9.17) is 9.47 Å². The molecular formula is C21H28N2O6. The average molecular weight is 404 g/mol. The number of amides is 2. The number of benzene rings is 1. The second kappa shape index (κ2) is 8.23. The van der Waals surface area contributed by atoms with E-state index in [1.165, 1.54) is 28.2 Å². The van der Waals surface area contributed by atoms with Gasteiger partial charge in [0.25, 0.3) is 0 Å². The highest BCUT2D eigenvalue weighted by Gasteiger charge is 2.72. The Morgan fingerprint density at radius 3 is 1.83 bits per heavy atom. The zero-order chi connectivity index (χ0) is 22.1. The van der Waals surface area contributed by atoms with Gasteiger partial charge in [-0.2, -0.15) is 0 Å². The van der Waals surface area contributed by atoms with Crippen LogP contribution >= 0.6 is 0 Å². The number of rotatable bonds is 5. The summed E-state index contributed by atoms with van der Waals surface area (Å²) in [6.45, 7) is 7.23. The highest BCUT2D eigenvalue weighted by atomic mass is 16.5. The van der Waals surface area contributed by atoms with Crippen LogP contribution in [0.5, 0.6) is 0 Å². The molecule has 1 aromatic rings. The van der Waals surface area contributed by atoms with Gasteiger partial charge in [0.15, 0.2) is 0 Å². The summed E-state index contributed by atoms with van der Waals surface area (Å²) in [5.41, 5.74) is 1.98. The molecule has 0 heterocycles. The first kappa shape index (κ1) is 22.4. The van der Waals surface area contributed by atoms with Crippen LogP contribution in [0.1, 0.15) is 23.6 Å². The zero-order valence-electron chi connectivity index (χ0n) is 17.8. The fraction of sp³-hybridized carbons (Fsp3) is 0.524. The highest BCUT2D eigenvalue weighted by Crippen LogP contribution is 2.57. The van der Waals surface area contributed by atoms with Crippen molar-refractivity contribution in [3.63, 3.8) is 0 Å². The maximum atomic E-state index is 13.3. The van der Waals surface area contributed by atoms with Crippen molar-refractivity contribution in [1.82, 2.24) is 5.32 Å². The lowest BCUT2D eigenvalue weighted by molar-refractivity contribution is -0.197. The Kier molecular flexibility index (Phi) is 6.35. The molecule has 1 aliphatic carbocycles. The van der Waals surface area contributed by atoms with E-state index < -0.39 is 46.9 Å². The summed E-state index contributed by atoms with van der Waals surface area (Å²) >= 11 is 0. The molecule has 2 amide bonds. The van der Waals surface area contributed by atoms with Gasteiger partial charge in [0.05, 0.1) is 37.4 Å². The normalized spacial score (nSPS) is 25.4. The van der Waals surface area contributed by atoms with E-state index in [9.17, 15) is 19.2 Å². The molecule has 1 aliphatic rings. The van der Waals surface area contributed by atoms with Gasteiger partial charge in [0.1, 0.15) is 0 Å². The number of methoxy groups -OCH3 is 2. The molecule has 1 fully saturated rings. The summed E-state index contributed by atoms with van der Waals surface area (Å²) in [5.74, 6) is -5.83. The molecule has 158 valence electrons. The third kappa shape index (κ3) is 3.59. The number of ether oxygens (including phenoxy) is 2. The third-order valence-corrected chi connectivity index (χ3v) is 6.05. The van der Waals surface area contributed by atoms with Crippen LogP contribution in [-0.4, -0.2) is 45.0 Å². The fourth-order valence-electron chi connectivity index (χ4n) is 4.15. The summed E-state index contributed by atoms with van der Waals surface area (Å²) in [6.07, 6.45) is 0. The van der Waals surface area contributed by atoms with Crippen molar-refractivity contribution >= 4 is 29.4 Å². The fourth-order valence-corrected chi connectivity index (χ4v) is 4.15. The minimum atomic E-state index is -1.51. The largest absolute Gasteiger partial charge is 0.469 e. The van der Waals surface area contributed by atoms with Crippen LogP contribution in [0.15, 0.2) is 12.1 Å². The van der Waals surface area contributed by atoms with Gasteiger partial charge in [-0.25, -0.2) is 0 Å². The maximum absolute atomic E-state index is 13.3. The van der Waals surface area contributed by atoms with Crippen LogP contribution in [0.3, 0.4) is 0 Å². The van der Waals surface area contributed by atoms with Crippen molar-refractivity contribution in [3.8, 4) is 0 Å². The first-order valence-electron chi connectivity index (χ1n) is 9.31. The van der Waals surface area contributed by atoms with E-state index in [2.05, 4.69) is 10.6 Å². The van der Waals surface area contributed by atoms with Crippen LogP contribution in [0.4, 0.5) is 5.69 Å². The van der Waals surface area contributed by atoms with Gasteiger partial charge >= 0.3 is 11.9 Å². The number of anilines is 1. The molecule has 0 saturated heterocycles. The second-order valence-electron chi connectivity index (χ2n) is 7.63. The summed E-state index contributed by atoms with van der Waals surface area (Å²) in [5, 5.41) is 5.28. The molecule has 0 radical (unpaired) electrons. The van der Waals surface area contributed by atoms with Crippen LogP contribution in [0.25, 0.3) is 0 Å². The molecule has 2 atom stereocenters. The van der Waals surface area contributed by atoms with Crippen LogP contribution < -0.4 is 10.6 Å². The molecule has 0 bridgehead atoms. The van der Waals surface area contributed by atoms with Gasteiger partial charge in [-0.1, -0.05) is 6.07 Å². The molecule has 8 heteroatoms. The number of hydrogen-bond donors (Lipinski definition) is 2. The van der Waals surface area contributed by atoms with E-state index in [1.807, 2.05) is 32.9 Å². The number of carbonyl (C=O) groups is 4. The first-order valence-corrected chi connectivity index (χ1v) is 9.31. The van der Waals surface area contributed by atoms with E-state index in [-0.39, 0.29) is 0 Å². The van der Waals surface area contributed by atoms with E-state index in [0.717, 1.165) is 16.7 Å². The molecule has 2 N–H and O–H groups in total. The Balaban J connectivity index is 2.50. The maximum Gasteiger partial charge on any atom is 0.310 e. The molecule has 29 heavy (non-hydrogen) atoms. The molecule has 0 aromatic heterocycles. The molecule has 2 unspecified atom stereocenters. The topological polar surface area (TPSA) is 111 Å². The van der Waals surface area contributed by atoms with Crippen molar-refractivity contribution in [3.05, 3.63) is 28.8 Å². The van der Waals surface area contributed by atoms with Crippen molar-refractivity contribution in [2.75, 3.05) is 26.6 Å². The van der Waals surface area contributed by atoms with Crippen LogP contribution in [0.2, 0.25) is 0 Å². The van der Waals surface area contributed by atoms with E-state index >= 15 is 0 Å². The van der Waals surface area contributed by atoms with Crippen molar-refractivity contribution in [2.24, 2.45) is 23.2 Å². The molecule has 1 aromatic carbocycles. The number of esters is 2. The van der Waals surface area contributed by atoms with Gasteiger partial charge in [-0.05, 0) is 50.5 Å². The van der Waals surface area contributed by atoms with Crippen molar-refractivity contribution in [1.29, 1.82) is 0 Å². The number of aryl methyl sites for hydroxylation is 3. The number of hydrogen-bond acceptors (Lipinski definition) is 6. The molecule has 0 spiro atoms.